The number of phenolic OH excluding ortho intramolecular Hbond substituents is 1. The molecule has 4 nitrogen and oxygen atoms in total. The van der Waals surface area contributed by atoms with E-state index in [1.165, 1.54) is 5.56 Å². The first kappa shape index (κ1) is 17.9. The zero-order valence-electron chi connectivity index (χ0n) is 14.1. The van der Waals surface area contributed by atoms with E-state index < -0.39 is 0 Å². The molecule has 0 aliphatic rings. The van der Waals surface area contributed by atoms with Crippen LogP contribution in [0.3, 0.4) is 0 Å². The van der Waals surface area contributed by atoms with Crippen molar-refractivity contribution in [1.82, 2.24) is 4.98 Å². The van der Waals surface area contributed by atoms with Gasteiger partial charge in [0.2, 0.25) is 0 Å². The topological polar surface area (TPSA) is 57.5 Å². The third-order valence-electron chi connectivity index (χ3n) is 3.90. The summed E-state index contributed by atoms with van der Waals surface area (Å²) in [6.45, 7) is 6.21. The summed E-state index contributed by atoms with van der Waals surface area (Å²) in [6, 6.07) is 9.80. The van der Waals surface area contributed by atoms with E-state index in [1.54, 1.807) is 18.3 Å². The zero-order chi connectivity index (χ0) is 18.1. The van der Waals surface area contributed by atoms with Gasteiger partial charge in [0.05, 0.1) is 16.2 Å². The van der Waals surface area contributed by atoms with E-state index in [0.717, 1.165) is 26.5 Å². The summed E-state index contributed by atoms with van der Waals surface area (Å²) in [4.78, 5) is 4.66. The quantitative estimate of drug-likeness (QED) is 0.379. The number of benzene rings is 2. The number of hydrogen-bond donors (Lipinski definition) is 2. The van der Waals surface area contributed by atoms with Gasteiger partial charge in [-0.3, -0.25) is 5.43 Å². The van der Waals surface area contributed by atoms with Crippen molar-refractivity contribution < 1.29 is 5.11 Å². The first-order chi connectivity index (χ1) is 11.8. The summed E-state index contributed by atoms with van der Waals surface area (Å²) in [6.07, 6.45) is 1.56. The van der Waals surface area contributed by atoms with Crippen molar-refractivity contribution in [2.45, 2.75) is 20.8 Å². The molecule has 3 rings (SSSR count). The predicted octanol–water partition coefficient (Wildman–Crippen LogP) is 5.84. The number of anilines is 1. The first-order valence-electron chi connectivity index (χ1n) is 7.71. The number of halogens is 2. The van der Waals surface area contributed by atoms with Crippen LogP contribution in [0.2, 0.25) is 0 Å². The van der Waals surface area contributed by atoms with Crippen molar-refractivity contribution in [3.05, 3.63) is 61.5 Å². The van der Waals surface area contributed by atoms with Gasteiger partial charge >= 0.3 is 0 Å². The summed E-state index contributed by atoms with van der Waals surface area (Å²) in [7, 11) is 0. The molecular weight excluding hydrogens is 446 g/mol. The van der Waals surface area contributed by atoms with Gasteiger partial charge in [0.1, 0.15) is 11.6 Å². The Kier molecular flexibility index (Phi) is 5.11. The second-order valence-corrected chi connectivity index (χ2v) is 7.77. The number of rotatable bonds is 3. The van der Waals surface area contributed by atoms with Crippen LogP contribution >= 0.6 is 31.9 Å². The lowest BCUT2D eigenvalue weighted by Crippen LogP contribution is -1.97. The highest BCUT2D eigenvalue weighted by molar-refractivity contribution is 9.11. The Morgan fingerprint density at radius 2 is 1.80 bits per heavy atom. The van der Waals surface area contributed by atoms with Crippen molar-refractivity contribution >= 4 is 54.8 Å². The van der Waals surface area contributed by atoms with E-state index in [9.17, 15) is 5.11 Å². The van der Waals surface area contributed by atoms with Crippen molar-refractivity contribution in [1.29, 1.82) is 0 Å². The summed E-state index contributed by atoms with van der Waals surface area (Å²) < 4.78 is 1.46. The number of hydrogen-bond acceptors (Lipinski definition) is 4. The SMILES string of the molecule is Cc1cc(C)c2nc(NN=Cc3cc(Br)cc(Br)c3O)cc(C)c2c1. The molecule has 2 N–H and O–H groups in total. The molecule has 0 bridgehead atoms. The summed E-state index contributed by atoms with van der Waals surface area (Å²) >= 11 is 6.71. The Morgan fingerprint density at radius 1 is 1.04 bits per heavy atom. The number of hydrazone groups is 1. The minimum Gasteiger partial charge on any atom is -0.506 e. The fourth-order valence-corrected chi connectivity index (χ4v) is 4.01. The van der Waals surface area contributed by atoms with Crippen LogP contribution in [0.15, 0.2) is 44.4 Å². The molecule has 2 aromatic carbocycles. The molecule has 0 radical (unpaired) electrons. The van der Waals surface area contributed by atoms with E-state index in [-0.39, 0.29) is 5.75 Å². The van der Waals surface area contributed by atoms with Gasteiger partial charge in [-0.2, -0.15) is 5.10 Å². The van der Waals surface area contributed by atoms with Gasteiger partial charge in [-0.25, -0.2) is 4.98 Å². The lowest BCUT2D eigenvalue weighted by molar-refractivity contribution is 0.471. The van der Waals surface area contributed by atoms with Crippen LogP contribution in [0.25, 0.3) is 10.9 Å². The number of aromatic hydroxyl groups is 1. The Morgan fingerprint density at radius 3 is 2.56 bits per heavy atom. The molecule has 128 valence electrons. The summed E-state index contributed by atoms with van der Waals surface area (Å²) in [5.74, 6) is 0.810. The molecule has 0 saturated carbocycles. The molecule has 6 heteroatoms. The maximum atomic E-state index is 10.1. The Balaban J connectivity index is 1.92. The Hall–Kier alpha value is -1.92. The smallest absolute Gasteiger partial charge is 0.147 e. The molecule has 3 aromatic rings. The largest absolute Gasteiger partial charge is 0.506 e. The third-order valence-corrected chi connectivity index (χ3v) is 4.96. The molecule has 25 heavy (non-hydrogen) atoms. The lowest BCUT2D eigenvalue weighted by atomic mass is 10.0. The number of aryl methyl sites for hydroxylation is 3. The Bertz CT molecular complexity index is 1000. The van der Waals surface area contributed by atoms with Gasteiger partial charge in [0.25, 0.3) is 0 Å². The molecule has 0 aliphatic heterocycles. The van der Waals surface area contributed by atoms with Crippen LogP contribution in [-0.2, 0) is 0 Å². The standard InChI is InChI=1S/C19H17Br2N3O/c1-10-4-12(3)18-15(5-10)11(2)6-17(23-18)24-22-9-13-7-14(20)8-16(21)19(13)25/h4-9,25H,1-3H3,(H,23,24). The molecule has 0 aliphatic carbocycles. The average molecular weight is 463 g/mol. The van der Waals surface area contributed by atoms with Crippen molar-refractivity contribution in [2.24, 2.45) is 5.10 Å². The number of nitrogens with one attached hydrogen (secondary N) is 1. The molecule has 1 heterocycles. The maximum absolute atomic E-state index is 10.1. The molecule has 0 atom stereocenters. The van der Waals surface area contributed by atoms with Crippen LogP contribution in [0.4, 0.5) is 5.82 Å². The fraction of sp³-hybridized carbons (Fsp3) is 0.158. The van der Waals surface area contributed by atoms with Gasteiger partial charge in [-0.1, -0.05) is 27.6 Å². The maximum Gasteiger partial charge on any atom is 0.147 e. The van der Waals surface area contributed by atoms with Crippen LogP contribution in [0.5, 0.6) is 5.75 Å². The molecule has 0 amide bonds. The normalized spacial score (nSPS) is 11.4. The zero-order valence-corrected chi connectivity index (χ0v) is 17.2. The number of pyridine rings is 1. The minimum atomic E-state index is 0.141. The van der Waals surface area contributed by atoms with Gasteiger partial charge in [0.15, 0.2) is 0 Å². The van der Waals surface area contributed by atoms with Gasteiger partial charge in [0, 0.05) is 15.4 Å². The second kappa shape index (κ2) is 7.14. The van der Waals surface area contributed by atoms with Crippen LogP contribution in [-0.4, -0.2) is 16.3 Å². The molecule has 1 aromatic heterocycles. The average Bonchev–Trinajstić information content (AvgIpc) is 2.53. The van der Waals surface area contributed by atoms with E-state index in [2.05, 4.69) is 80.3 Å². The van der Waals surface area contributed by atoms with E-state index in [1.807, 2.05) is 6.07 Å². The number of nitrogens with zero attached hydrogens (tertiary/aromatic N) is 2. The Labute approximate surface area is 163 Å². The number of fused-ring (bicyclic) bond motifs is 1. The van der Waals surface area contributed by atoms with Crippen molar-refractivity contribution in [3.8, 4) is 5.75 Å². The van der Waals surface area contributed by atoms with Crippen LogP contribution in [0, 0.1) is 20.8 Å². The first-order valence-corrected chi connectivity index (χ1v) is 9.29. The third kappa shape index (κ3) is 3.85. The number of aromatic nitrogens is 1. The van der Waals surface area contributed by atoms with Gasteiger partial charge in [-0.15, -0.1) is 0 Å². The molecule has 0 unspecified atom stereocenters. The van der Waals surface area contributed by atoms with E-state index >= 15 is 0 Å². The van der Waals surface area contributed by atoms with E-state index in [0.29, 0.717) is 15.9 Å². The minimum absolute atomic E-state index is 0.141. The highest BCUT2D eigenvalue weighted by atomic mass is 79.9. The van der Waals surface area contributed by atoms with Crippen molar-refractivity contribution in [2.75, 3.05) is 5.43 Å². The lowest BCUT2D eigenvalue weighted by Gasteiger charge is -2.09. The molecule has 0 spiro atoms. The highest BCUT2D eigenvalue weighted by Gasteiger charge is 2.07. The monoisotopic (exact) mass is 461 g/mol. The summed E-state index contributed by atoms with van der Waals surface area (Å²) in [5, 5.41) is 15.4. The van der Waals surface area contributed by atoms with Gasteiger partial charge in [-0.05, 0) is 72.1 Å². The molecule has 0 saturated heterocycles. The summed E-state index contributed by atoms with van der Waals surface area (Å²) in [5.41, 5.74) is 8.02. The van der Waals surface area contributed by atoms with E-state index in [4.69, 9.17) is 0 Å². The molecular formula is C19H17Br2N3O. The van der Waals surface area contributed by atoms with Crippen molar-refractivity contribution in [3.63, 3.8) is 0 Å². The predicted molar refractivity (Wildman–Crippen MR) is 111 cm³/mol. The number of phenols is 1. The highest BCUT2D eigenvalue weighted by Crippen LogP contribution is 2.30. The molecule has 0 fully saturated rings. The van der Waals surface area contributed by atoms with Gasteiger partial charge < -0.3 is 5.11 Å². The van der Waals surface area contributed by atoms with Crippen LogP contribution in [0.1, 0.15) is 22.3 Å². The second-order valence-electron chi connectivity index (χ2n) is 6.00. The fourth-order valence-electron chi connectivity index (χ4n) is 2.75. The van der Waals surface area contributed by atoms with Crippen LogP contribution < -0.4 is 5.43 Å².